The zero-order chi connectivity index (χ0) is 13.5. The largest absolute Gasteiger partial charge is 0.353 e. The number of hydrogen-bond donors (Lipinski definition) is 2. The summed E-state index contributed by atoms with van der Waals surface area (Å²) in [5.74, 6) is 0.109. The molecule has 0 radical (unpaired) electrons. The number of nitrogens with zero attached hydrogens (tertiary/aromatic N) is 4. The van der Waals surface area contributed by atoms with Gasteiger partial charge in [-0.1, -0.05) is 0 Å². The third kappa shape index (κ3) is 3.68. The summed E-state index contributed by atoms with van der Waals surface area (Å²) in [5, 5.41) is 5.44. The van der Waals surface area contributed by atoms with E-state index in [0.717, 1.165) is 0 Å². The van der Waals surface area contributed by atoms with Crippen LogP contribution in [-0.4, -0.2) is 39.2 Å². The third-order valence-corrected chi connectivity index (χ3v) is 2.16. The summed E-state index contributed by atoms with van der Waals surface area (Å²) in [6.07, 6.45) is 6.41. The molecule has 2 heterocycles. The van der Waals surface area contributed by atoms with Gasteiger partial charge >= 0.3 is 0 Å². The normalized spacial score (nSPS) is 11.6. The molecule has 0 spiro atoms. The average molecular weight is 260 g/mol. The van der Waals surface area contributed by atoms with Crippen molar-refractivity contribution in [2.75, 3.05) is 17.7 Å². The van der Waals surface area contributed by atoms with Crippen molar-refractivity contribution in [3.63, 3.8) is 0 Å². The molecule has 8 nitrogen and oxygen atoms in total. The lowest BCUT2D eigenvalue weighted by Crippen LogP contribution is -2.36. The molecule has 0 saturated heterocycles. The van der Waals surface area contributed by atoms with Crippen LogP contribution in [0, 0.1) is 0 Å². The number of anilines is 2. The molecule has 0 aromatic carbocycles. The lowest BCUT2D eigenvalue weighted by Gasteiger charge is -2.16. The number of carbonyl (C=O) groups excluding carboxylic acids is 1. The van der Waals surface area contributed by atoms with Crippen molar-refractivity contribution in [3.8, 4) is 0 Å². The predicted octanol–water partition coefficient (Wildman–Crippen LogP) is 0.290. The third-order valence-electron chi connectivity index (χ3n) is 2.16. The van der Waals surface area contributed by atoms with Crippen LogP contribution in [-0.2, 0) is 9.53 Å². The monoisotopic (exact) mass is 260 g/mol. The van der Waals surface area contributed by atoms with Crippen LogP contribution in [0.25, 0.3) is 0 Å². The highest BCUT2D eigenvalue weighted by Crippen LogP contribution is 2.06. The summed E-state index contributed by atoms with van der Waals surface area (Å²) < 4.78 is 5.06. The number of amides is 1. The first-order valence-electron chi connectivity index (χ1n) is 5.41. The zero-order valence-electron chi connectivity index (χ0n) is 10.1. The molecule has 0 bridgehead atoms. The number of rotatable bonds is 5. The van der Waals surface area contributed by atoms with Crippen molar-refractivity contribution in [1.29, 1.82) is 0 Å². The molecule has 1 unspecified atom stereocenters. The Bertz CT molecular complexity index is 521. The van der Waals surface area contributed by atoms with Gasteiger partial charge in [-0.3, -0.25) is 4.79 Å². The van der Waals surface area contributed by atoms with E-state index in [1.807, 2.05) is 0 Å². The fraction of sp³-hybridized carbons (Fsp3) is 0.182. The SMILES string of the molecule is COC(Nc1ccncn1)C(=O)Nc1cncnc1. The summed E-state index contributed by atoms with van der Waals surface area (Å²) in [4.78, 5) is 27.3. The minimum Gasteiger partial charge on any atom is -0.353 e. The molecular weight excluding hydrogens is 248 g/mol. The van der Waals surface area contributed by atoms with Gasteiger partial charge in [-0.15, -0.1) is 0 Å². The Kier molecular flexibility index (Phi) is 4.29. The summed E-state index contributed by atoms with van der Waals surface area (Å²) >= 11 is 0. The Balaban J connectivity index is 2.00. The summed E-state index contributed by atoms with van der Waals surface area (Å²) in [6.45, 7) is 0. The number of ether oxygens (including phenoxy) is 1. The van der Waals surface area contributed by atoms with E-state index in [9.17, 15) is 4.79 Å². The van der Waals surface area contributed by atoms with Crippen LogP contribution in [0.3, 0.4) is 0 Å². The molecule has 0 aliphatic rings. The minimum absolute atomic E-state index is 0.379. The van der Waals surface area contributed by atoms with Gasteiger partial charge < -0.3 is 15.4 Å². The van der Waals surface area contributed by atoms with Crippen molar-refractivity contribution in [3.05, 3.63) is 37.3 Å². The lowest BCUT2D eigenvalue weighted by molar-refractivity contribution is -0.124. The molecule has 0 aliphatic heterocycles. The highest BCUT2D eigenvalue weighted by Gasteiger charge is 2.18. The van der Waals surface area contributed by atoms with Crippen molar-refractivity contribution >= 4 is 17.4 Å². The molecule has 1 atom stereocenters. The van der Waals surface area contributed by atoms with Gasteiger partial charge in [-0.05, 0) is 6.07 Å². The van der Waals surface area contributed by atoms with Crippen LogP contribution in [0.2, 0.25) is 0 Å². The number of methoxy groups -OCH3 is 1. The van der Waals surface area contributed by atoms with Crippen molar-refractivity contribution in [1.82, 2.24) is 19.9 Å². The van der Waals surface area contributed by atoms with Crippen LogP contribution in [0.15, 0.2) is 37.3 Å². The van der Waals surface area contributed by atoms with Crippen molar-refractivity contribution < 1.29 is 9.53 Å². The van der Waals surface area contributed by atoms with E-state index in [-0.39, 0.29) is 5.91 Å². The van der Waals surface area contributed by atoms with E-state index in [0.29, 0.717) is 11.5 Å². The molecule has 0 aliphatic carbocycles. The van der Waals surface area contributed by atoms with Crippen LogP contribution < -0.4 is 10.6 Å². The van der Waals surface area contributed by atoms with Gasteiger partial charge in [0.25, 0.3) is 5.91 Å². The van der Waals surface area contributed by atoms with Crippen molar-refractivity contribution in [2.45, 2.75) is 6.23 Å². The average Bonchev–Trinajstić information content (AvgIpc) is 2.47. The standard InChI is InChI=1S/C11H12N6O2/c1-19-11(17-9-2-3-12-7-15-9)10(18)16-8-4-13-6-14-5-8/h2-7,11H,1H3,(H,16,18)(H,12,15,17). The van der Waals surface area contributed by atoms with E-state index in [2.05, 4.69) is 30.6 Å². The topological polar surface area (TPSA) is 102 Å². The van der Waals surface area contributed by atoms with E-state index < -0.39 is 6.23 Å². The minimum atomic E-state index is -0.880. The summed E-state index contributed by atoms with van der Waals surface area (Å²) in [5.41, 5.74) is 0.485. The van der Waals surface area contributed by atoms with Crippen LogP contribution in [0.5, 0.6) is 0 Å². The predicted molar refractivity (Wildman–Crippen MR) is 67.1 cm³/mol. The Morgan fingerprint density at radius 1 is 1.26 bits per heavy atom. The Labute approximate surface area is 109 Å². The van der Waals surface area contributed by atoms with Crippen molar-refractivity contribution in [2.24, 2.45) is 0 Å². The van der Waals surface area contributed by atoms with Gasteiger partial charge in [0.2, 0.25) is 6.23 Å². The Morgan fingerprint density at radius 3 is 2.68 bits per heavy atom. The maximum absolute atomic E-state index is 12.0. The second kappa shape index (κ2) is 6.36. The zero-order valence-corrected chi connectivity index (χ0v) is 10.1. The molecule has 2 aromatic rings. The second-order valence-corrected chi connectivity index (χ2v) is 3.47. The maximum atomic E-state index is 12.0. The molecule has 2 rings (SSSR count). The van der Waals surface area contributed by atoms with Gasteiger partial charge in [-0.2, -0.15) is 0 Å². The molecular formula is C11H12N6O2. The highest BCUT2D eigenvalue weighted by atomic mass is 16.5. The Morgan fingerprint density at radius 2 is 2.05 bits per heavy atom. The molecule has 8 heteroatoms. The van der Waals surface area contributed by atoms with Gasteiger partial charge in [-0.25, -0.2) is 19.9 Å². The van der Waals surface area contributed by atoms with Gasteiger partial charge in [0, 0.05) is 13.3 Å². The molecule has 98 valence electrons. The quantitative estimate of drug-likeness (QED) is 0.745. The molecule has 2 aromatic heterocycles. The number of aromatic nitrogens is 4. The lowest BCUT2D eigenvalue weighted by atomic mass is 10.4. The van der Waals surface area contributed by atoms with Crippen LogP contribution in [0.1, 0.15) is 0 Å². The molecule has 2 N–H and O–H groups in total. The van der Waals surface area contributed by atoms with E-state index >= 15 is 0 Å². The van der Waals surface area contributed by atoms with E-state index in [4.69, 9.17) is 4.74 Å². The van der Waals surface area contributed by atoms with E-state index in [1.165, 1.54) is 32.2 Å². The number of carbonyl (C=O) groups is 1. The Hall–Kier alpha value is -2.61. The van der Waals surface area contributed by atoms with Crippen LogP contribution in [0.4, 0.5) is 11.5 Å². The number of nitrogens with one attached hydrogen (secondary N) is 2. The van der Waals surface area contributed by atoms with E-state index in [1.54, 1.807) is 12.3 Å². The van der Waals surface area contributed by atoms with Gasteiger partial charge in [0.15, 0.2) is 0 Å². The van der Waals surface area contributed by atoms with Gasteiger partial charge in [0.05, 0.1) is 18.1 Å². The molecule has 1 amide bonds. The highest BCUT2D eigenvalue weighted by molar-refractivity contribution is 5.95. The first kappa shape index (κ1) is 12.8. The molecule has 0 saturated carbocycles. The second-order valence-electron chi connectivity index (χ2n) is 3.47. The maximum Gasteiger partial charge on any atom is 0.274 e. The molecule has 0 fully saturated rings. The fourth-order valence-electron chi connectivity index (χ4n) is 1.31. The number of hydrogen-bond acceptors (Lipinski definition) is 7. The van der Waals surface area contributed by atoms with Crippen LogP contribution >= 0.6 is 0 Å². The first-order chi connectivity index (χ1) is 9.29. The fourth-order valence-corrected chi connectivity index (χ4v) is 1.31. The van der Waals surface area contributed by atoms with Gasteiger partial charge in [0.1, 0.15) is 18.5 Å². The molecule has 19 heavy (non-hydrogen) atoms. The summed E-state index contributed by atoms with van der Waals surface area (Å²) in [6, 6.07) is 1.63. The first-order valence-corrected chi connectivity index (χ1v) is 5.41. The summed E-state index contributed by atoms with van der Waals surface area (Å²) in [7, 11) is 1.42. The smallest absolute Gasteiger partial charge is 0.274 e.